The molecule has 2 nitrogen and oxygen atoms in total. The van der Waals surface area contributed by atoms with Crippen molar-refractivity contribution in [1.82, 2.24) is 0 Å². The molecule has 2 aliphatic carbocycles. The molecule has 1 aromatic rings. The summed E-state index contributed by atoms with van der Waals surface area (Å²) in [5.41, 5.74) is 2.02. The van der Waals surface area contributed by atoms with Gasteiger partial charge in [-0.25, -0.2) is 0 Å². The fourth-order valence-electron chi connectivity index (χ4n) is 4.19. The number of hydrogen-bond donors (Lipinski definition) is 0. The number of carbonyl (C=O) groups excluding carboxylic acids is 1. The first-order chi connectivity index (χ1) is 10.3. The number of allylic oxidation sites excluding steroid dienone is 1. The average Bonchev–Trinajstić information content (AvgIpc) is 2.75. The number of Topliss-reactive ketones (excluding diaryl/α,β-unsaturated/α-hetero) is 1. The number of benzene rings is 1. The molecule has 2 heteroatoms. The van der Waals surface area contributed by atoms with Gasteiger partial charge >= 0.3 is 0 Å². The molecule has 0 amide bonds. The monoisotopic (exact) mass is 298 g/mol. The smallest absolute Gasteiger partial charge is 0.165 e. The Kier molecular flexibility index (Phi) is 3.47. The summed E-state index contributed by atoms with van der Waals surface area (Å²) in [4.78, 5) is 12.8. The average molecular weight is 298 g/mol. The molecule has 118 valence electrons. The Bertz CT molecular complexity index is 622. The first-order valence-electron chi connectivity index (χ1n) is 8.29. The fourth-order valence-corrected chi connectivity index (χ4v) is 4.19. The van der Waals surface area contributed by atoms with Crippen LogP contribution < -0.4 is 4.74 Å². The van der Waals surface area contributed by atoms with E-state index in [0.29, 0.717) is 11.7 Å². The molecule has 0 aromatic heterocycles. The highest BCUT2D eigenvalue weighted by Crippen LogP contribution is 2.65. The maximum atomic E-state index is 12.8. The molecule has 2 unspecified atom stereocenters. The predicted molar refractivity (Wildman–Crippen MR) is 89.8 cm³/mol. The lowest BCUT2D eigenvalue weighted by atomic mass is 9.70. The van der Waals surface area contributed by atoms with Crippen molar-refractivity contribution in [3.63, 3.8) is 0 Å². The van der Waals surface area contributed by atoms with Crippen LogP contribution in [-0.4, -0.2) is 11.9 Å². The third kappa shape index (κ3) is 2.12. The summed E-state index contributed by atoms with van der Waals surface area (Å²) in [6, 6.07) is 8.05. The van der Waals surface area contributed by atoms with Gasteiger partial charge in [0.25, 0.3) is 0 Å². The molecule has 0 N–H and O–H groups in total. The Hall–Kier alpha value is -1.57. The van der Waals surface area contributed by atoms with Crippen molar-refractivity contribution in [3.8, 4) is 5.75 Å². The first-order valence-corrected chi connectivity index (χ1v) is 8.29. The lowest BCUT2D eigenvalue weighted by molar-refractivity contribution is -0.125. The minimum absolute atomic E-state index is 0.0800. The summed E-state index contributed by atoms with van der Waals surface area (Å²) < 4.78 is 5.67. The lowest BCUT2D eigenvalue weighted by Gasteiger charge is -2.31. The fraction of sp³-hybridized carbons (Fsp3) is 0.550. The normalized spacial score (nSPS) is 31.3. The Morgan fingerprint density at radius 2 is 1.82 bits per heavy atom. The highest BCUT2D eigenvalue weighted by molar-refractivity contribution is 6.07. The molecular weight excluding hydrogens is 272 g/mol. The number of hydrogen-bond acceptors (Lipinski definition) is 2. The van der Waals surface area contributed by atoms with E-state index in [-0.39, 0.29) is 16.9 Å². The summed E-state index contributed by atoms with van der Waals surface area (Å²) in [5.74, 6) is 1.64. The van der Waals surface area contributed by atoms with Gasteiger partial charge in [-0.05, 0) is 67.4 Å². The number of ether oxygens (including phenoxy) is 1. The molecule has 0 aliphatic heterocycles. The number of fused-ring (bicyclic) bond motifs is 2. The molecule has 2 aliphatic rings. The third-order valence-electron chi connectivity index (χ3n) is 5.94. The number of ketones is 1. The van der Waals surface area contributed by atoms with E-state index in [2.05, 4.69) is 26.8 Å². The second-order valence-corrected chi connectivity index (χ2v) is 7.81. The summed E-state index contributed by atoms with van der Waals surface area (Å²) in [7, 11) is 0. The van der Waals surface area contributed by atoms with Gasteiger partial charge in [-0.2, -0.15) is 0 Å². The van der Waals surface area contributed by atoms with Crippen molar-refractivity contribution in [1.29, 1.82) is 0 Å². The number of rotatable bonds is 3. The molecule has 0 saturated heterocycles. The van der Waals surface area contributed by atoms with Gasteiger partial charge in [-0.3, -0.25) is 4.79 Å². The SMILES string of the molecule is CC(C)Oc1ccc(C=C2C(=O)C3(C)CCC2C3(C)C)cc1. The Morgan fingerprint density at radius 3 is 2.32 bits per heavy atom. The predicted octanol–water partition coefficient (Wildman–Crippen LogP) is 4.88. The van der Waals surface area contributed by atoms with Crippen LogP contribution in [0.15, 0.2) is 29.8 Å². The molecule has 3 rings (SSSR count). The van der Waals surface area contributed by atoms with E-state index in [9.17, 15) is 4.79 Å². The van der Waals surface area contributed by atoms with E-state index in [4.69, 9.17) is 4.74 Å². The maximum absolute atomic E-state index is 12.8. The zero-order valence-corrected chi connectivity index (χ0v) is 14.3. The number of carbonyl (C=O) groups is 1. The van der Waals surface area contributed by atoms with Gasteiger partial charge in [0, 0.05) is 5.41 Å². The van der Waals surface area contributed by atoms with E-state index in [1.807, 2.05) is 38.1 Å². The van der Waals surface area contributed by atoms with Gasteiger partial charge < -0.3 is 4.74 Å². The van der Waals surface area contributed by atoms with Crippen LogP contribution in [0.1, 0.15) is 53.0 Å². The lowest BCUT2D eigenvalue weighted by Crippen LogP contribution is -2.32. The molecule has 0 heterocycles. The van der Waals surface area contributed by atoms with Gasteiger partial charge in [-0.15, -0.1) is 0 Å². The van der Waals surface area contributed by atoms with E-state index in [1.54, 1.807) is 0 Å². The largest absolute Gasteiger partial charge is 0.491 e. The molecule has 2 atom stereocenters. The van der Waals surface area contributed by atoms with Crippen LogP contribution >= 0.6 is 0 Å². The molecular formula is C20H26O2. The second kappa shape index (κ2) is 4.97. The molecule has 1 aromatic carbocycles. The molecule has 0 radical (unpaired) electrons. The van der Waals surface area contributed by atoms with Gasteiger partial charge in [0.05, 0.1) is 6.10 Å². The van der Waals surface area contributed by atoms with Crippen LogP contribution in [0.3, 0.4) is 0 Å². The zero-order chi connectivity index (χ0) is 16.1. The van der Waals surface area contributed by atoms with Crippen LogP contribution in [0.2, 0.25) is 0 Å². The van der Waals surface area contributed by atoms with Crippen LogP contribution in [0.25, 0.3) is 6.08 Å². The van der Waals surface area contributed by atoms with Crippen LogP contribution in [0.4, 0.5) is 0 Å². The topological polar surface area (TPSA) is 26.3 Å². The van der Waals surface area contributed by atoms with Crippen LogP contribution in [-0.2, 0) is 4.79 Å². The molecule has 2 saturated carbocycles. The summed E-state index contributed by atoms with van der Waals surface area (Å²) in [6.07, 6.45) is 4.44. The molecule has 2 bridgehead atoms. The van der Waals surface area contributed by atoms with Gasteiger partial charge in [0.2, 0.25) is 0 Å². The Labute approximate surface area is 133 Å². The van der Waals surface area contributed by atoms with Crippen molar-refractivity contribution in [3.05, 3.63) is 35.4 Å². The molecule has 2 fully saturated rings. The standard InChI is InChI=1S/C20H26O2/c1-13(2)22-15-8-6-14(7-9-15)12-16-17-10-11-20(5,18(16)21)19(17,3)4/h6-9,12-13,17H,10-11H2,1-5H3. The minimum atomic E-state index is -0.176. The van der Waals surface area contributed by atoms with E-state index in [0.717, 1.165) is 29.7 Å². The Morgan fingerprint density at radius 1 is 1.18 bits per heavy atom. The van der Waals surface area contributed by atoms with Crippen molar-refractivity contribution >= 4 is 11.9 Å². The highest BCUT2D eigenvalue weighted by atomic mass is 16.5. The van der Waals surface area contributed by atoms with Crippen molar-refractivity contribution in [2.75, 3.05) is 0 Å². The maximum Gasteiger partial charge on any atom is 0.165 e. The van der Waals surface area contributed by atoms with Gasteiger partial charge in [0.1, 0.15) is 5.75 Å². The van der Waals surface area contributed by atoms with E-state index in [1.165, 1.54) is 0 Å². The van der Waals surface area contributed by atoms with Crippen LogP contribution in [0, 0.1) is 16.7 Å². The first kappa shape index (κ1) is 15.3. The van der Waals surface area contributed by atoms with Crippen molar-refractivity contribution < 1.29 is 9.53 Å². The molecule has 0 spiro atoms. The van der Waals surface area contributed by atoms with Gasteiger partial charge in [-0.1, -0.05) is 32.9 Å². The van der Waals surface area contributed by atoms with E-state index < -0.39 is 0 Å². The summed E-state index contributed by atoms with van der Waals surface area (Å²) in [5, 5.41) is 0. The van der Waals surface area contributed by atoms with Crippen LogP contribution in [0.5, 0.6) is 5.75 Å². The zero-order valence-electron chi connectivity index (χ0n) is 14.3. The van der Waals surface area contributed by atoms with Crippen molar-refractivity contribution in [2.24, 2.45) is 16.7 Å². The molecule has 22 heavy (non-hydrogen) atoms. The second-order valence-electron chi connectivity index (χ2n) is 7.81. The van der Waals surface area contributed by atoms with Crippen molar-refractivity contribution in [2.45, 2.75) is 53.6 Å². The summed E-state index contributed by atoms with van der Waals surface area (Å²) in [6.45, 7) is 10.7. The van der Waals surface area contributed by atoms with E-state index >= 15 is 0 Å². The minimum Gasteiger partial charge on any atom is -0.491 e. The highest BCUT2D eigenvalue weighted by Gasteiger charge is 2.63. The Balaban J connectivity index is 1.89. The third-order valence-corrected chi connectivity index (χ3v) is 5.94. The quantitative estimate of drug-likeness (QED) is 0.743. The van der Waals surface area contributed by atoms with Gasteiger partial charge in [0.15, 0.2) is 5.78 Å². The summed E-state index contributed by atoms with van der Waals surface area (Å²) >= 11 is 0.